The molecule has 1 saturated heterocycles. The van der Waals surface area contributed by atoms with Gasteiger partial charge in [0.1, 0.15) is 5.02 Å². The van der Waals surface area contributed by atoms with Crippen LogP contribution in [0.3, 0.4) is 0 Å². The van der Waals surface area contributed by atoms with Gasteiger partial charge in [-0.15, -0.1) is 0 Å². The molecule has 1 saturated carbocycles. The Morgan fingerprint density at radius 2 is 2.45 bits per heavy atom. The topological polar surface area (TPSA) is 82.2 Å². The summed E-state index contributed by atoms with van der Waals surface area (Å²) in [5, 5.41) is 7.46. The van der Waals surface area contributed by atoms with Crippen LogP contribution in [0.5, 0.6) is 0 Å². The van der Waals surface area contributed by atoms with Gasteiger partial charge in [0.2, 0.25) is 0 Å². The van der Waals surface area contributed by atoms with E-state index in [0.717, 1.165) is 19.4 Å². The summed E-state index contributed by atoms with van der Waals surface area (Å²) in [5.41, 5.74) is 6.43. The first-order chi connectivity index (χ1) is 9.63. The Morgan fingerprint density at radius 1 is 1.65 bits per heavy atom. The smallest absolute Gasteiger partial charge is 0.287 e. The fourth-order valence-corrected chi connectivity index (χ4v) is 3.30. The molecule has 2 aliphatic rings. The first-order valence-corrected chi connectivity index (χ1v) is 7.40. The minimum absolute atomic E-state index is 0.00326. The molecule has 2 heterocycles. The minimum atomic E-state index is -0.284. The normalized spacial score (nSPS) is 32.4. The number of aryl methyl sites for hydroxylation is 1. The van der Waals surface area contributed by atoms with Gasteiger partial charge in [0.05, 0.1) is 24.0 Å². The second-order valence-electron chi connectivity index (χ2n) is 5.38. The predicted molar refractivity (Wildman–Crippen MR) is 77.0 cm³/mol. The van der Waals surface area contributed by atoms with Crippen molar-refractivity contribution in [2.75, 3.05) is 11.9 Å². The van der Waals surface area contributed by atoms with Gasteiger partial charge < -0.3 is 15.8 Å². The number of ether oxygens (including phenoxy) is 1. The SMILES string of the molecule is CCn1ncc(NC2C(N)C3CCCOC32)c(Cl)c1=O. The number of fused-ring (bicyclic) bond motifs is 1. The molecule has 0 bridgehead atoms. The molecule has 2 fully saturated rings. The number of nitrogens with zero attached hydrogens (tertiary/aromatic N) is 2. The molecule has 1 aromatic rings. The molecule has 6 nitrogen and oxygen atoms in total. The van der Waals surface area contributed by atoms with Crippen LogP contribution in [0.15, 0.2) is 11.0 Å². The van der Waals surface area contributed by atoms with E-state index < -0.39 is 0 Å². The monoisotopic (exact) mass is 298 g/mol. The van der Waals surface area contributed by atoms with Gasteiger partial charge >= 0.3 is 0 Å². The molecule has 1 aliphatic carbocycles. The number of aromatic nitrogens is 2. The molecule has 1 aromatic heterocycles. The molecule has 7 heteroatoms. The second kappa shape index (κ2) is 5.35. The standard InChI is InChI=1S/C13H19ClN4O2/c1-2-18-13(19)9(14)8(6-16-18)17-11-10(15)7-4-3-5-20-12(7)11/h6-7,10-12,17H,2-5,15H2,1H3. The van der Waals surface area contributed by atoms with Gasteiger partial charge in [0.25, 0.3) is 5.56 Å². The van der Waals surface area contributed by atoms with Crippen molar-refractivity contribution in [3.63, 3.8) is 0 Å². The maximum absolute atomic E-state index is 11.9. The first kappa shape index (κ1) is 13.9. The zero-order chi connectivity index (χ0) is 14.3. The number of nitrogens with one attached hydrogen (secondary N) is 1. The van der Waals surface area contributed by atoms with E-state index in [1.54, 1.807) is 6.20 Å². The van der Waals surface area contributed by atoms with Crippen LogP contribution < -0.4 is 16.6 Å². The van der Waals surface area contributed by atoms with Crippen LogP contribution in [0.1, 0.15) is 19.8 Å². The van der Waals surface area contributed by atoms with E-state index in [4.69, 9.17) is 22.1 Å². The van der Waals surface area contributed by atoms with Crippen molar-refractivity contribution < 1.29 is 4.74 Å². The van der Waals surface area contributed by atoms with E-state index in [1.807, 2.05) is 6.92 Å². The fourth-order valence-electron chi connectivity index (χ4n) is 3.10. The Morgan fingerprint density at radius 3 is 3.20 bits per heavy atom. The molecule has 4 atom stereocenters. The van der Waals surface area contributed by atoms with Crippen molar-refractivity contribution in [1.29, 1.82) is 0 Å². The van der Waals surface area contributed by atoms with Gasteiger partial charge in [-0.1, -0.05) is 11.6 Å². The molecule has 0 radical (unpaired) electrons. The quantitative estimate of drug-likeness (QED) is 0.864. The summed E-state index contributed by atoms with van der Waals surface area (Å²) in [6.45, 7) is 3.12. The summed E-state index contributed by atoms with van der Waals surface area (Å²) in [6, 6.07) is 0.0291. The average Bonchev–Trinajstić information content (AvgIpc) is 2.48. The maximum Gasteiger partial charge on any atom is 0.287 e. The minimum Gasteiger partial charge on any atom is -0.376 e. The van der Waals surface area contributed by atoms with Crippen LogP contribution in [0.4, 0.5) is 5.69 Å². The van der Waals surface area contributed by atoms with Crippen LogP contribution in [-0.2, 0) is 11.3 Å². The third-order valence-electron chi connectivity index (χ3n) is 4.28. The third kappa shape index (κ3) is 2.12. The van der Waals surface area contributed by atoms with Crippen molar-refractivity contribution in [2.24, 2.45) is 11.7 Å². The number of halogens is 1. The Bertz CT molecular complexity index is 562. The summed E-state index contributed by atoms with van der Waals surface area (Å²) in [5.74, 6) is 0.406. The largest absolute Gasteiger partial charge is 0.376 e. The number of nitrogens with two attached hydrogens (primary N) is 1. The van der Waals surface area contributed by atoms with Gasteiger partial charge in [0, 0.05) is 25.1 Å². The molecule has 0 spiro atoms. The van der Waals surface area contributed by atoms with Gasteiger partial charge in [-0.05, 0) is 19.8 Å². The molecule has 110 valence electrons. The van der Waals surface area contributed by atoms with Crippen molar-refractivity contribution in [3.8, 4) is 0 Å². The number of anilines is 1. The lowest BCUT2D eigenvalue weighted by Crippen LogP contribution is -2.69. The van der Waals surface area contributed by atoms with Crippen LogP contribution in [-0.4, -0.2) is 34.6 Å². The Balaban J connectivity index is 1.78. The zero-order valence-electron chi connectivity index (χ0n) is 11.4. The van der Waals surface area contributed by atoms with Crippen LogP contribution >= 0.6 is 11.6 Å². The molecule has 3 rings (SSSR count). The van der Waals surface area contributed by atoms with E-state index in [9.17, 15) is 4.79 Å². The predicted octanol–water partition coefficient (Wildman–Crippen LogP) is 0.833. The second-order valence-corrected chi connectivity index (χ2v) is 5.76. The Labute approximate surface area is 122 Å². The lowest BCUT2D eigenvalue weighted by molar-refractivity contribution is -0.104. The van der Waals surface area contributed by atoms with E-state index in [1.165, 1.54) is 4.68 Å². The highest BCUT2D eigenvalue weighted by Gasteiger charge is 2.50. The molecular weight excluding hydrogens is 280 g/mol. The van der Waals surface area contributed by atoms with E-state index in [2.05, 4.69) is 10.4 Å². The number of hydrogen-bond acceptors (Lipinski definition) is 5. The number of hydrogen-bond donors (Lipinski definition) is 2. The van der Waals surface area contributed by atoms with Gasteiger partial charge in [0.15, 0.2) is 0 Å². The summed E-state index contributed by atoms with van der Waals surface area (Å²) in [7, 11) is 0. The van der Waals surface area contributed by atoms with E-state index in [0.29, 0.717) is 18.2 Å². The van der Waals surface area contributed by atoms with Crippen molar-refractivity contribution in [2.45, 2.75) is 44.5 Å². The molecule has 4 unspecified atom stereocenters. The summed E-state index contributed by atoms with van der Waals surface area (Å²) in [6.07, 6.45) is 3.86. The van der Waals surface area contributed by atoms with Crippen LogP contribution in [0, 0.1) is 5.92 Å². The third-order valence-corrected chi connectivity index (χ3v) is 4.65. The van der Waals surface area contributed by atoms with Gasteiger partial charge in [-0.25, -0.2) is 4.68 Å². The van der Waals surface area contributed by atoms with Gasteiger partial charge in [-0.3, -0.25) is 4.79 Å². The van der Waals surface area contributed by atoms with Crippen molar-refractivity contribution >= 4 is 17.3 Å². The van der Waals surface area contributed by atoms with Crippen molar-refractivity contribution in [1.82, 2.24) is 9.78 Å². The molecule has 0 amide bonds. The highest BCUT2D eigenvalue weighted by Crippen LogP contribution is 2.39. The summed E-state index contributed by atoms with van der Waals surface area (Å²) < 4.78 is 7.09. The van der Waals surface area contributed by atoms with E-state index >= 15 is 0 Å². The lowest BCUT2D eigenvalue weighted by Gasteiger charge is -2.52. The Hall–Kier alpha value is -1.11. The highest BCUT2D eigenvalue weighted by molar-refractivity contribution is 6.32. The molecular formula is C13H19ClN4O2. The summed E-state index contributed by atoms with van der Waals surface area (Å²) in [4.78, 5) is 11.9. The zero-order valence-corrected chi connectivity index (χ0v) is 12.1. The first-order valence-electron chi connectivity index (χ1n) is 7.02. The average molecular weight is 299 g/mol. The van der Waals surface area contributed by atoms with Crippen LogP contribution in [0.2, 0.25) is 5.02 Å². The molecule has 1 aliphatic heterocycles. The Kier molecular flexibility index (Phi) is 3.70. The highest BCUT2D eigenvalue weighted by atomic mass is 35.5. The maximum atomic E-state index is 11.9. The molecule has 0 aromatic carbocycles. The fraction of sp³-hybridized carbons (Fsp3) is 0.692. The van der Waals surface area contributed by atoms with E-state index in [-0.39, 0.29) is 28.8 Å². The molecule has 20 heavy (non-hydrogen) atoms. The summed E-state index contributed by atoms with van der Waals surface area (Å²) >= 11 is 6.11. The van der Waals surface area contributed by atoms with Gasteiger partial charge in [-0.2, -0.15) is 5.10 Å². The lowest BCUT2D eigenvalue weighted by atomic mass is 9.68. The van der Waals surface area contributed by atoms with Crippen molar-refractivity contribution in [3.05, 3.63) is 21.6 Å². The number of rotatable bonds is 3. The van der Waals surface area contributed by atoms with Crippen LogP contribution in [0.25, 0.3) is 0 Å². The molecule has 3 N–H and O–H groups in total.